The zero-order valence-electron chi connectivity index (χ0n) is 11.4. The van der Waals surface area contributed by atoms with Gasteiger partial charge in [-0.05, 0) is 18.1 Å². The van der Waals surface area contributed by atoms with Gasteiger partial charge in [-0.1, -0.05) is 35.6 Å². The van der Waals surface area contributed by atoms with Crippen LogP contribution in [0.4, 0.5) is 9.93 Å². The fraction of sp³-hybridized carbons (Fsp3) is 0.231. The first-order chi connectivity index (χ1) is 10.1. The Labute approximate surface area is 125 Å². The third kappa shape index (κ3) is 4.25. The molecule has 0 spiro atoms. The third-order valence-corrected chi connectivity index (χ3v) is 3.48. The monoisotopic (exact) mass is 305 g/mol. The summed E-state index contributed by atoms with van der Waals surface area (Å²) in [7, 11) is 0. The highest BCUT2D eigenvalue weighted by atomic mass is 32.1. The van der Waals surface area contributed by atoms with E-state index in [2.05, 4.69) is 20.8 Å². The second-order valence-corrected chi connectivity index (χ2v) is 5.25. The molecule has 2 rings (SSSR count). The van der Waals surface area contributed by atoms with E-state index in [9.17, 15) is 9.59 Å². The normalized spacial score (nSPS) is 11.7. The number of primary amides is 1. The van der Waals surface area contributed by atoms with Crippen LogP contribution in [0.25, 0.3) is 0 Å². The summed E-state index contributed by atoms with van der Waals surface area (Å²) in [5, 5.41) is 13.0. The van der Waals surface area contributed by atoms with Crippen LogP contribution in [0.1, 0.15) is 23.6 Å². The van der Waals surface area contributed by atoms with Crippen molar-refractivity contribution in [3.63, 3.8) is 0 Å². The molecule has 0 radical (unpaired) electrons. The summed E-state index contributed by atoms with van der Waals surface area (Å²) in [6, 6.07) is 6.34. The molecule has 0 aliphatic rings. The molecule has 1 heterocycles. The van der Waals surface area contributed by atoms with Gasteiger partial charge in [-0.3, -0.25) is 4.79 Å². The first kappa shape index (κ1) is 14.9. The predicted molar refractivity (Wildman–Crippen MR) is 79.8 cm³/mol. The summed E-state index contributed by atoms with van der Waals surface area (Å²) < 4.78 is 0. The maximum Gasteiger partial charge on any atom is 0.312 e. The number of aryl methyl sites for hydroxylation is 1. The van der Waals surface area contributed by atoms with Crippen molar-refractivity contribution in [3.8, 4) is 0 Å². The van der Waals surface area contributed by atoms with Crippen LogP contribution in [0, 0.1) is 6.92 Å². The lowest BCUT2D eigenvalue weighted by Crippen LogP contribution is -2.35. The van der Waals surface area contributed by atoms with E-state index in [0.717, 1.165) is 11.1 Å². The Hall–Kier alpha value is -2.48. The van der Waals surface area contributed by atoms with Gasteiger partial charge >= 0.3 is 6.03 Å². The average Bonchev–Trinajstić information content (AvgIpc) is 2.90. The summed E-state index contributed by atoms with van der Waals surface area (Å²) in [6.45, 7) is 1.91. The Bertz CT molecular complexity index is 629. The second-order valence-electron chi connectivity index (χ2n) is 4.41. The molecule has 1 aromatic heterocycles. The minimum atomic E-state index is -0.674. The Morgan fingerprint density at radius 1 is 1.38 bits per heavy atom. The SMILES string of the molecule is Cc1ccccc1C(CC(=O)Nc1nncs1)NC(N)=O. The fourth-order valence-electron chi connectivity index (χ4n) is 1.97. The molecule has 0 bridgehead atoms. The van der Waals surface area contributed by atoms with Crippen LogP contribution in [0.2, 0.25) is 0 Å². The van der Waals surface area contributed by atoms with Crippen LogP contribution < -0.4 is 16.4 Å². The van der Waals surface area contributed by atoms with Crippen molar-refractivity contribution in [1.29, 1.82) is 0 Å². The summed E-state index contributed by atoms with van der Waals surface area (Å²) >= 11 is 1.22. The molecule has 3 amide bonds. The lowest BCUT2D eigenvalue weighted by molar-refractivity contribution is -0.116. The van der Waals surface area contributed by atoms with Crippen molar-refractivity contribution in [1.82, 2.24) is 15.5 Å². The molecule has 0 saturated carbocycles. The number of amides is 3. The lowest BCUT2D eigenvalue weighted by Gasteiger charge is -2.19. The number of carbonyl (C=O) groups is 2. The van der Waals surface area contributed by atoms with Gasteiger partial charge in [0, 0.05) is 0 Å². The van der Waals surface area contributed by atoms with Crippen LogP contribution in [-0.2, 0) is 4.79 Å². The van der Waals surface area contributed by atoms with Gasteiger partial charge in [-0.25, -0.2) is 4.79 Å². The molecule has 2 aromatic rings. The van der Waals surface area contributed by atoms with E-state index in [1.807, 2.05) is 31.2 Å². The maximum absolute atomic E-state index is 12.0. The summed E-state index contributed by atoms with van der Waals surface area (Å²) in [5.74, 6) is -0.270. The van der Waals surface area contributed by atoms with Gasteiger partial charge in [-0.15, -0.1) is 10.2 Å². The molecule has 1 unspecified atom stereocenters. The average molecular weight is 305 g/mol. The van der Waals surface area contributed by atoms with E-state index in [0.29, 0.717) is 5.13 Å². The molecular formula is C13H15N5O2S. The molecule has 7 nitrogen and oxygen atoms in total. The molecule has 4 N–H and O–H groups in total. The first-order valence-corrected chi connectivity index (χ1v) is 7.11. The molecule has 110 valence electrons. The molecule has 21 heavy (non-hydrogen) atoms. The van der Waals surface area contributed by atoms with E-state index < -0.39 is 12.1 Å². The molecule has 1 atom stereocenters. The number of nitrogens with zero attached hydrogens (tertiary/aromatic N) is 2. The molecular weight excluding hydrogens is 290 g/mol. The van der Waals surface area contributed by atoms with Crippen molar-refractivity contribution < 1.29 is 9.59 Å². The second kappa shape index (κ2) is 6.80. The van der Waals surface area contributed by atoms with Crippen molar-refractivity contribution in [2.45, 2.75) is 19.4 Å². The van der Waals surface area contributed by atoms with Crippen LogP contribution in [0.15, 0.2) is 29.8 Å². The number of nitrogens with one attached hydrogen (secondary N) is 2. The molecule has 8 heteroatoms. The number of aromatic nitrogens is 2. The van der Waals surface area contributed by atoms with Crippen molar-refractivity contribution >= 4 is 28.4 Å². The van der Waals surface area contributed by atoms with Gasteiger partial charge in [0.2, 0.25) is 11.0 Å². The van der Waals surface area contributed by atoms with Gasteiger partial charge in [-0.2, -0.15) is 0 Å². The quantitative estimate of drug-likeness (QED) is 0.779. The Kier molecular flexibility index (Phi) is 4.83. The fourth-order valence-corrected chi connectivity index (χ4v) is 2.43. The van der Waals surface area contributed by atoms with Crippen LogP contribution in [-0.4, -0.2) is 22.1 Å². The smallest absolute Gasteiger partial charge is 0.312 e. The van der Waals surface area contributed by atoms with Gasteiger partial charge in [0.15, 0.2) is 0 Å². The van der Waals surface area contributed by atoms with E-state index >= 15 is 0 Å². The van der Waals surface area contributed by atoms with Gasteiger partial charge < -0.3 is 16.4 Å². The minimum absolute atomic E-state index is 0.0629. The highest BCUT2D eigenvalue weighted by Gasteiger charge is 2.19. The minimum Gasteiger partial charge on any atom is -0.352 e. The summed E-state index contributed by atoms with van der Waals surface area (Å²) in [5.41, 5.74) is 8.54. The molecule has 0 aliphatic carbocycles. The number of anilines is 1. The van der Waals surface area contributed by atoms with E-state index in [-0.39, 0.29) is 12.3 Å². The Morgan fingerprint density at radius 2 is 2.14 bits per heavy atom. The standard InChI is InChI=1S/C13H15N5O2S/c1-8-4-2-3-5-9(8)10(16-12(14)20)6-11(19)17-13-18-15-7-21-13/h2-5,7,10H,6H2,1H3,(H3,14,16,20)(H,17,18,19). The highest BCUT2D eigenvalue weighted by molar-refractivity contribution is 7.13. The largest absolute Gasteiger partial charge is 0.352 e. The third-order valence-electron chi connectivity index (χ3n) is 2.88. The summed E-state index contributed by atoms with van der Waals surface area (Å²) in [4.78, 5) is 23.2. The molecule has 0 fully saturated rings. The Morgan fingerprint density at radius 3 is 2.76 bits per heavy atom. The van der Waals surface area contributed by atoms with Crippen molar-refractivity contribution in [2.75, 3.05) is 5.32 Å². The van der Waals surface area contributed by atoms with E-state index in [1.165, 1.54) is 16.8 Å². The molecule has 0 saturated heterocycles. The van der Waals surface area contributed by atoms with Crippen LogP contribution >= 0.6 is 11.3 Å². The van der Waals surface area contributed by atoms with Gasteiger partial charge in [0.25, 0.3) is 0 Å². The number of carbonyl (C=O) groups excluding carboxylic acids is 2. The van der Waals surface area contributed by atoms with Gasteiger partial charge in [0.1, 0.15) is 5.51 Å². The Balaban J connectivity index is 2.11. The highest BCUT2D eigenvalue weighted by Crippen LogP contribution is 2.21. The number of hydrogen-bond acceptors (Lipinski definition) is 5. The molecule has 1 aromatic carbocycles. The zero-order chi connectivity index (χ0) is 15.2. The number of hydrogen-bond donors (Lipinski definition) is 3. The van der Waals surface area contributed by atoms with Gasteiger partial charge in [0.05, 0.1) is 12.5 Å². The number of rotatable bonds is 5. The van der Waals surface area contributed by atoms with Crippen molar-refractivity contribution in [2.24, 2.45) is 5.73 Å². The first-order valence-electron chi connectivity index (χ1n) is 6.24. The number of benzene rings is 1. The summed E-state index contributed by atoms with van der Waals surface area (Å²) in [6.07, 6.45) is 0.0629. The number of urea groups is 1. The maximum atomic E-state index is 12.0. The van der Waals surface area contributed by atoms with E-state index in [1.54, 1.807) is 0 Å². The molecule has 0 aliphatic heterocycles. The lowest BCUT2D eigenvalue weighted by atomic mass is 9.98. The van der Waals surface area contributed by atoms with Crippen LogP contribution in [0.3, 0.4) is 0 Å². The topological polar surface area (TPSA) is 110 Å². The zero-order valence-corrected chi connectivity index (χ0v) is 12.2. The predicted octanol–water partition coefficient (Wildman–Crippen LogP) is 1.58. The van der Waals surface area contributed by atoms with Crippen molar-refractivity contribution in [3.05, 3.63) is 40.9 Å². The van der Waals surface area contributed by atoms with Crippen LogP contribution in [0.5, 0.6) is 0 Å². The number of nitrogens with two attached hydrogens (primary N) is 1. The van der Waals surface area contributed by atoms with E-state index in [4.69, 9.17) is 5.73 Å².